The first-order chi connectivity index (χ1) is 14.7. The topological polar surface area (TPSA) is 70.8 Å². The number of rotatable bonds is 6. The molecule has 1 aromatic carbocycles. The van der Waals surface area contributed by atoms with Gasteiger partial charge in [0.1, 0.15) is 5.82 Å². The number of aromatic nitrogens is 3. The van der Waals surface area contributed by atoms with Gasteiger partial charge in [-0.05, 0) is 24.8 Å². The fourth-order valence-electron chi connectivity index (χ4n) is 4.10. The number of aryl methyl sites for hydroxylation is 1. The van der Waals surface area contributed by atoms with E-state index in [1.165, 1.54) is 12.0 Å². The first kappa shape index (κ1) is 20.8. The second-order valence-electron chi connectivity index (χ2n) is 8.22. The van der Waals surface area contributed by atoms with E-state index in [1.54, 1.807) is 0 Å². The van der Waals surface area contributed by atoms with E-state index in [4.69, 9.17) is 9.73 Å². The van der Waals surface area contributed by atoms with Crippen molar-refractivity contribution in [1.29, 1.82) is 0 Å². The quantitative estimate of drug-likeness (QED) is 0.573. The summed E-state index contributed by atoms with van der Waals surface area (Å²) in [5.74, 6) is 3.47. The van der Waals surface area contributed by atoms with E-state index in [-0.39, 0.29) is 0 Å². The molecular weight excluding hydrogens is 378 g/mol. The highest BCUT2D eigenvalue weighted by Gasteiger charge is 2.27. The average Bonchev–Trinajstić information content (AvgIpc) is 3.37. The number of aliphatic imine (C=N–C) groups is 1. The number of nitrogens with one attached hydrogen (secondary N) is 1. The number of ether oxygens (including phenoxy) is 1. The van der Waals surface area contributed by atoms with Crippen LogP contribution in [0.5, 0.6) is 0 Å². The number of hydrogen-bond acceptors (Lipinski definition) is 5. The number of benzene rings is 1. The van der Waals surface area contributed by atoms with Crippen LogP contribution >= 0.6 is 0 Å². The Morgan fingerprint density at radius 1 is 1.17 bits per heavy atom. The standard InChI is InChI=1S/C22H33N7O/c1-18-25-26-21(27(18)2)15-24-22(23-14-19-6-4-3-5-7-19)29-9-8-20(17-29)16-28-10-12-30-13-11-28/h3-7,20H,8-17H2,1-2H3,(H,23,24). The molecule has 1 aromatic heterocycles. The van der Waals surface area contributed by atoms with Crippen LogP contribution in [-0.4, -0.2) is 76.5 Å². The maximum absolute atomic E-state index is 5.49. The molecular formula is C22H33N7O. The van der Waals surface area contributed by atoms with Crippen molar-refractivity contribution in [2.45, 2.75) is 26.4 Å². The minimum absolute atomic E-state index is 0.621. The van der Waals surface area contributed by atoms with Gasteiger partial charge in [0.05, 0.1) is 26.3 Å². The molecule has 1 atom stereocenters. The monoisotopic (exact) mass is 411 g/mol. The summed E-state index contributed by atoms with van der Waals surface area (Å²) < 4.78 is 7.51. The van der Waals surface area contributed by atoms with E-state index in [2.05, 4.69) is 49.6 Å². The zero-order valence-corrected chi connectivity index (χ0v) is 18.1. The number of morpholine rings is 1. The SMILES string of the molecule is Cc1nnc(CNC(=NCc2ccccc2)N2CCC(CN3CCOCC3)C2)n1C. The van der Waals surface area contributed by atoms with E-state index >= 15 is 0 Å². The summed E-state index contributed by atoms with van der Waals surface area (Å²) in [6.45, 7) is 10.3. The van der Waals surface area contributed by atoms with Crippen LogP contribution in [0.4, 0.5) is 0 Å². The average molecular weight is 412 g/mol. The zero-order valence-electron chi connectivity index (χ0n) is 18.1. The Kier molecular flexibility index (Phi) is 6.96. The van der Waals surface area contributed by atoms with E-state index in [0.29, 0.717) is 19.0 Å². The minimum atomic E-state index is 0.621. The van der Waals surface area contributed by atoms with E-state index in [9.17, 15) is 0 Å². The molecule has 2 aliphatic heterocycles. The van der Waals surface area contributed by atoms with Crippen molar-refractivity contribution in [2.75, 3.05) is 45.9 Å². The lowest BCUT2D eigenvalue weighted by Gasteiger charge is -2.29. The van der Waals surface area contributed by atoms with Crippen LogP contribution in [0, 0.1) is 12.8 Å². The summed E-state index contributed by atoms with van der Waals surface area (Å²) in [5.41, 5.74) is 1.22. The van der Waals surface area contributed by atoms with Crippen LogP contribution in [0.2, 0.25) is 0 Å². The van der Waals surface area contributed by atoms with Crippen LogP contribution in [0.15, 0.2) is 35.3 Å². The van der Waals surface area contributed by atoms with Gasteiger partial charge in [0.25, 0.3) is 0 Å². The molecule has 2 saturated heterocycles. The number of likely N-dealkylation sites (tertiary alicyclic amines) is 1. The third-order valence-corrected chi connectivity index (χ3v) is 6.05. The second-order valence-corrected chi connectivity index (χ2v) is 8.22. The smallest absolute Gasteiger partial charge is 0.194 e. The lowest BCUT2D eigenvalue weighted by molar-refractivity contribution is 0.0315. The van der Waals surface area contributed by atoms with Gasteiger partial charge in [-0.15, -0.1) is 10.2 Å². The van der Waals surface area contributed by atoms with Gasteiger partial charge in [0.2, 0.25) is 0 Å². The van der Waals surface area contributed by atoms with Crippen molar-refractivity contribution < 1.29 is 4.74 Å². The summed E-state index contributed by atoms with van der Waals surface area (Å²) in [6, 6.07) is 10.4. The molecule has 8 heteroatoms. The summed E-state index contributed by atoms with van der Waals surface area (Å²) >= 11 is 0. The third kappa shape index (κ3) is 5.37. The fourth-order valence-corrected chi connectivity index (χ4v) is 4.10. The predicted molar refractivity (Wildman–Crippen MR) is 117 cm³/mol. The molecule has 162 valence electrons. The second kappa shape index (κ2) is 10.0. The molecule has 0 radical (unpaired) electrons. The van der Waals surface area contributed by atoms with Crippen molar-refractivity contribution in [3.8, 4) is 0 Å². The normalized spacial score (nSPS) is 20.7. The largest absolute Gasteiger partial charge is 0.379 e. The van der Waals surface area contributed by atoms with Crippen LogP contribution < -0.4 is 5.32 Å². The molecule has 0 aliphatic carbocycles. The summed E-state index contributed by atoms with van der Waals surface area (Å²) in [4.78, 5) is 9.89. The number of hydrogen-bond donors (Lipinski definition) is 1. The minimum Gasteiger partial charge on any atom is -0.379 e. The molecule has 0 bridgehead atoms. The maximum atomic E-state index is 5.49. The van der Waals surface area contributed by atoms with E-state index in [0.717, 1.165) is 63.5 Å². The molecule has 30 heavy (non-hydrogen) atoms. The van der Waals surface area contributed by atoms with Gasteiger partial charge in [-0.1, -0.05) is 30.3 Å². The van der Waals surface area contributed by atoms with Crippen LogP contribution in [-0.2, 0) is 24.9 Å². The first-order valence-electron chi connectivity index (χ1n) is 10.9. The lowest BCUT2D eigenvalue weighted by Crippen LogP contribution is -2.42. The van der Waals surface area contributed by atoms with Crippen molar-refractivity contribution in [1.82, 2.24) is 29.9 Å². The highest BCUT2D eigenvalue weighted by molar-refractivity contribution is 5.80. The van der Waals surface area contributed by atoms with Gasteiger partial charge in [-0.25, -0.2) is 4.99 Å². The van der Waals surface area contributed by atoms with Crippen LogP contribution in [0.3, 0.4) is 0 Å². The van der Waals surface area contributed by atoms with Crippen molar-refractivity contribution in [3.63, 3.8) is 0 Å². The molecule has 8 nitrogen and oxygen atoms in total. The molecule has 3 heterocycles. The molecule has 2 aliphatic rings. The van der Waals surface area contributed by atoms with Gasteiger partial charge < -0.3 is 19.5 Å². The highest BCUT2D eigenvalue weighted by Crippen LogP contribution is 2.19. The summed E-state index contributed by atoms with van der Waals surface area (Å²) in [5, 5.41) is 12.0. The van der Waals surface area contributed by atoms with Crippen molar-refractivity contribution >= 4 is 5.96 Å². The fraction of sp³-hybridized carbons (Fsp3) is 0.591. The van der Waals surface area contributed by atoms with Crippen LogP contribution in [0.25, 0.3) is 0 Å². The van der Waals surface area contributed by atoms with Crippen LogP contribution in [0.1, 0.15) is 23.6 Å². The molecule has 2 aromatic rings. The lowest BCUT2D eigenvalue weighted by atomic mass is 10.1. The zero-order chi connectivity index (χ0) is 20.8. The van der Waals surface area contributed by atoms with E-state index in [1.807, 2.05) is 24.6 Å². The third-order valence-electron chi connectivity index (χ3n) is 6.05. The predicted octanol–water partition coefficient (Wildman–Crippen LogP) is 1.42. The first-order valence-corrected chi connectivity index (χ1v) is 10.9. The van der Waals surface area contributed by atoms with Gasteiger partial charge >= 0.3 is 0 Å². The molecule has 0 amide bonds. The maximum Gasteiger partial charge on any atom is 0.194 e. The van der Waals surface area contributed by atoms with Gasteiger partial charge in [0, 0.05) is 39.8 Å². The van der Waals surface area contributed by atoms with Gasteiger partial charge in [-0.2, -0.15) is 0 Å². The van der Waals surface area contributed by atoms with Crippen molar-refractivity contribution in [3.05, 3.63) is 47.5 Å². The Hall–Kier alpha value is -2.45. The Morgan fingerprint density at radius 2 is 1.97 bits per heavy atom. The Labute approximate surface area is 178 Å². The highest BCUT2D eigenvalue weighted by atomic mass is 16.5. The van der Waals surface area contributed by atoms with Crippen molar-refractivity contribution in [2.24, 2.45) is 18.0 Å². The number of guanidine groups is 1. The number of nitrogens with zero attached hydrogens (tertiary/aromatic N) is 6. The van der Waals surface area contributed by atoms with Gasteiger partial charge in [-0.3, -0.25) is 4.90 Å². The van der Waals surface area contributed by atoms with E-state index < -0.39 is 0 Å². The molecule has 1 unspecified atom stereocenters. The molecule has 0 saturated carbocycles. The molecule has 4 rings (SSSR count). The van der Waals surface area contributed by atoms with Gasteiger partial charge in [0.15, 0.2) is 11.8 Å². The Morgan fingerprint density at radius 3 is 2.70 bits per heavy atom. The molecule has 1 N–H and O–H groups in total. The molecule has 0 spiro atoms. The Bertz CT molecular complexity index is 829. The summed E-state index contributed by atoms with van der Waals surface area (Å²) in [7, 11) is 2.00. The molecule has 2 fully saturated rings. The summed E-state index contributed by atoms with van der Waals surface area (Å²) in [6.07, 6.45) is 1.20. The Balaban J connectivity index is 1.40.